The highest BCUT2D eigenvalue weighted by Gasteiger charge is 2.34. The normalized spacial score (nSPS) is 19.1. The minimum Gasteiger partial charge on any atom is -0.327 e. The number of carbonyl (C=O) groups is 2. The summed E-state index contributed by atoms with van der Waals surface area (Å²) in [5.74, 6) is 5.14. The van der Waals surface area contributed by atoms with Gasteiger partial charge in [-0.1, -0.05) is 13.0 Å². The summed E-state index contributed by atoms with van der Waals surface area (Å²) in [6.45, 7) is 6.46. The van der Waals surface area contributed by atoms with Crippen LogP contribution in [0.4, 0.5) is 5.69 Å². The van der Waals surface area contributed by atoms with Gasteiger partial charge in [-0.25, -0.2) is 4.98 Å². The Labute approximate surface area is 175 Å². The summed E-state index contributed by atoms with van der Waals surface area (Å²) in [5.41, 5.74) is 5.12. The highest BCUT2D eigenvalue weighted by atomic mass is 16.2. The maximum Gasteiger partial charge on any atom is 0.313 e. The van der Waals surface area contributed by atoms with Gasteiger partial charge in [0.05, 0.1) is 17.9 Å². The molecule has 4 N–H and O–H groups in total. The van der Waals surface area contributed by atoms with Gasteiger partial charge in [-0.2, -0.15) is 0 Å². The SMILES string of the molecule is Cc1cc(NC(=O)C(=O)N2C[C@@H](C)CC[C@@H]2c2ccc3[nH]c[n+](N)c3c2)cnc1C. The lowest BCUT2D eigenvalue weighted by molar-refractivity contribution is -0.611. The minimum atomic E-state index is -0.643. The number of pyridine rings is 1. The van der Waals surface area contributed by atoms with E-state index in [0.29, 0.717) is 18.2 Å². The predicted molar refractivity (Wildman–Crippen MR) is 114 cm³/mol. The Hall–Kier alpha value is -3.42. The fraction of sp³-hybridized carbons (Fsp3) is 0.364. The molecule has 0 spiro atoms. The zero-order chi connectivity index (χ0) is 21.4. The third kappa shape index (κ3) is 3.72. The first-order chi connectivity index (χ1) is 14.3. The van der Waals surface area contributed by atoms with Crippen LogP contribution in [-0.2, 0) is 9.59 Å². The average Bonchev–Trinajstić information content (AvgIpc) is 3.10. The van der Waals surface area contributed by atoms with Crippen LogP contribution < -0.4 is 15.8 Å². The van der Waals surface area contributed by atoms with Gasteiger partial charge in [-0.3, -0.25) is 20.4 Å². The van der Waals surface area contributed by atoms with Crippen molar-refractivity contribution in [2.45, 2.75) is 39.7 Å². The molecule has 3 heterocycles. The predicted octanol–water partition coefficient (Wildman–Crippen LogP) is 2.12. The summed E-state index contributed by atoms with van der Waals surface area (Å²) >= 11 is 0. The smallest absolute Gasteiger partial charge is 0.313 e. The number of likely N-dealkylation sites (tertiary alicyclic amines) is 1. The van der Waals surface area contributed by atoms with E-state index in [4.69, 9.17) is 5.84 Å². The van der Waals surface area contributed by atoms with E-state index in [2.05, 4.69) is 22.2 Å². The molecule has 2 atom stereocenters. The minimum absolute atomic E-state index is 0.170. The Bertz CT molecular complexity index is 1120. The number of rotatable bonds is 2. The summed E-state index contributed by atoms with van der Waals surface area (Å²) in [4.78, 5) is 34.9. The van der Waals surface area contributed by atoms with E-state index in [1.807, 2.05) is 38.1 Å². The number of H-pyrrole nitrogens is 1. The Morgan fingerprint density at radius 1 is 1.27 bits per heavy atom. The first kappa shape index (κ1) is 19.9. The second-order valence-corrected chi connectivity index (χ2v) is 8.19. The second-order valence-electron chi connectivity index (χ2n) is 8.19. The van der Waals surface area contributed by atoms with Crippen molar-refractivity contribution in [2.24, 2.45) is 5.92 Å². The maximum absolute atomic E-state index is 13.1. The number of aryl methyl sites for hydroxylation is 2. The number of nitrogens with two attached hydrogens (primary N) is 1. The zero-order valence-corrected chi connectivity index (χ0v) is 17.5. The van der Waals surface area contributed by atoms with Crippen molar-refractivity contribution >= 4 is 28.5 Å². The number of imidazole rings is 1. The molecule has 0 unspecified atom stereocenters. The highest BCUT2D eigenvalue weighted by Crippen LogP contribution is 2.34. The lowest BCUT2D eigenvalue weighted by Gasteiger charge is -2.38. The lowest BCUT2D eigenvalue weighted by Crippen LogP contribution is -2.46. The van der Waals surface area contributed by atoms with Crippen LogP contribution in [0.3, 0.4) is 0 Å². The average molecular weight is 407 g/mol. The Kier molecular flexibility index (Phi) is 5.15. The van der Waals surface area contributed by atoms with Gasteiger partial charge in [0.25, 0.3) is 6.33 Å². The van der Waals surface area contributed by atoms with Crippen LogP contribution in [-0.4, -0.2) is 33.2 Å². The van der Waals surface area contributed by atoms with Crippen molar-refractivity contribution in [1.82, 2.24) is 14.9 Å². The number of piperidine rings is 1. The Morgan fingerprint density at radius 3 is 2.83 bits per heavy atom. The van der Waals surface area contributed by atoms with Crippen molar-refractivity contribution in [1.29, 1.82) is 0 Å². The molecule has 0 aliphatic carbocycles. The maximum atomic E-state index is 13.1. The number of amides is 2. The van der Waals surface area contributed by atoms with Gasteiger partial charge in [-0.15, -0.1) is 4.68 Å². The molecule has 0 radical (unpaired) electrons. The van der Waals surface area contributed by atoms with Crippen LogP contribution in [0.25, 0.3) is 11.0 Å². The zero-order valence-electron chi connectivity index (χ0n) is 17.5. The molecule has 4 rings (SSSR count). The van der Waals surface area contributed by atoms with Gasteiger partial charge >= 0.3 is 11.8 Å². The van der Waals surface area contributed by atoms with E-state index in [1.165, 1.54) is 4.68 Å². The standard InChI is InChI=1S/C22H26N6O2/c1-13-4-7-19(16-5-6-18-20(9-16)28(23)12-25-18)27(11-13)22(30)21(29)26-17-8-14(2)15(3)24-10-17/h5-6,8-10,12-13,19H,4,7,11,23H2,1-3H3,(H,26,29)/p+1/t13-,19+/m0/s1. The highest BCUT2D eigenvalue weighted by molar-refractivity contribution is 6.39. The number of nitrogens with zero attached hydrogens (tertiary/aromatic N) is 3. The van der Waals surface area contributed by atoms with Gasteiger partial charge in [0, 0.05) is 12.2 Å². The number of nitrogen functional groups attached to an aromatic ring is 1. The Balaban J connectivity index is 1.59. The number of aromatic amines is 1. The molecular formula is C22H27N6O2+. The number of aromatic nitrogens is 3. The van der Waals surface area contributed by atoms with Gasteiger partial charge < -0.3 is 10.2 Å². The number of anilines is 1. The first-order valence-electron chi connectivity index (χ1n) is 10.2. The van der Waals surface area contributed by atoms with Crippen molar-refractivity contribution in [3.05, 3.63) is 53.6 Å². The molecule has 1 aliphatic heterocycles. The second kappa shape index (κ2) is 7.78. The molecule has 1 aliphatic rings. The van der Waals surface area contributed by atoms with Gasteiger partial charge in [0.1, 0.15) is 0 Å². The van der Waals surface area contributed by atoms with Crippen molar-refractivity contribution < 1.29 is 14.3 Å². The van der Waals surface area contributed by atoms with Crippen molar-refractivity contribution in [3.63, 3.8) is 0 Å². The number of fused-ring (bicyclic) bond motifs is 1. The summed E-state index contributed by atoms with van der Waals surface area (Å²) in [6, 6.07) is 7.58. The Morgan fingerprint density at radius 2 is 2.07 bits per heavy atom. The van der Waals surface area contributed by atoms with E-state index in [1.54, 1.807) is 17.4 Å². The molecule has 2 amide bonds. The summed E-state index contributed by atoms with van der Waals surface area (Å²) in [6.07, 6.45) is 5.05. The van der Waals surface area contributed by atoms with Crippen LogP contribution >= 0.6 is 0 Å². The molecule has 8 nitrogen and oxygen atoms in total. The third-order valence-corrected chi connectivity index (χ3v) is 5.91. The largest absolute Gasteiger partial charge is 0.327 e. The van der Waals surface area contributed by atoms with E-state index < -0.39 is 11.8 Å². The van der Waals surface area contributed by atoms with E-state index >= 15 is 0 Å². The molecule has 0 bridgehead atoms. The molecule has 30 heavy (non-hydrogen) atoms. The molecule has 0 saturated carbocycles. The van der Waals surface area contributed by atoms with Crippen LogP contribution in [0.15, 0.2) is 36.8 Å². The van der Waals surface area contributed by atoms with Crippen LogP contribution in [0.1, 0.15) is 42.6 Å². The number of hydrogen-bond donors (Lipinski definition) is 3. The molecule has 3 aromatic rings. The molecule has 1 fully saturated rings. The quantitative estimate of drug-likeness (QED) is 0.343. The number of nitrogens with one attached hydrogen (secondary N) is 2. The molecule has 8 heteroatoms. The molecule has 2 aromatic heterocycles. The molecular weight excluding hydrogens is 380 g/mol. The monoisotopic (exact) mass is 407 g/mol. The van der Waals surface area contributed by atoms with Crippen molar-refractivity contribution in [3.8, 4) is 0 Å². The molecule has 1 aromatic carbocycles. The van der Waals surface area contributed by atoms with E-state index in [9.17, 15) is 9.59 Å². The van der Waals surface area contributed by atoms with E-state index in [-0.39, 0.29) is 6.04 Å². The summed E-state index contributed by atoms with van der Waals surface area (Å²) in [7, 11) is 0. The van der Waals surface area contributed by atoms with Gasteiger partial charge in [-0.05, 0) is 61.9 Å². The first-order valence-corrected chi connectivity index (χ1v) is 10.2. The van der Waals surface area contributed by atoms with Crippen LogP contribution in [0.5, 0.6) is 0 Å². The van der Waals surface area contributed by atoms with Gasteiger partial charge in [0.15, 0.2) is 11.0 Å². The number of hydrogen-bond acceptors (Lipinski definition) is 4. The number of benzene rings is 1. The van der Waals surface area contributed by atoms with Crippen molar-refractivity contribution in [2.75, 3.05) is 17.7 Å². The van der Waals surface area contributed by atoms with Crippen LogP contribution in [0, 0.1) is 19.8 Å². The lowest BCUT2D eigenvalue weighted by atomic mass is 9.89. The van der Waals surface area contributed by atoms with Crippen LogP contribution in [0.2, 0.25) is 0 Å². The van der Waals surface area contributed by atoms with Gasteiger partial charge in [0.2, 0.25) is 0 Å². The topological polar surface area (TPSA) is 108 Å². The molecule has 1 saturated heterocycles. The van der Waals surface area contributed by atoms with E-state index in [0.717, 1.165) is 40.7 Å². The third-order valence-electron chi connectivity index (χ3n) is 5.91. The summed E-state index contributed by atoms with van der Waals surface area (Å²) in [5, 5.41) is 2.71. The number of carbonyl (C=O) groups excluding carboxylic acids is 2. The summed E-state index contributed by atoms with van der Waals surface area (Å²) < 4.78 is 1.52. The fourth-order valence-electron chi connectivity index (χ4n) is 4.05. The molecule has 156 valence electrons. The fourth-order valence-corrected chi connectivity index (χ4v) is 4.05.